The van der Waals surface area contributed by atoms with Crippen molar-refractivity contribution in [3.05, 3.63) is 24.3 Å². The minimum absolute atomic E-state index is 0.0255. The van der Waals surface area contributed by atoms with Crippen LogP contribution in [0.25, 0.3) is 0 Å². The number of nitrogens with two attached hydrogens (primary N) is 1. The van der Waals surface area contributed by atoms with Crippen molar-refractivity contribution in [1.29, 1.82) is 0 Å². The number of carbonyl (C=O) groups excluding carboxylic acids is 1. The Hall–Kier alpha value is -1.62. The largest absolute Gasteiger partial charge is 0.376 e. The van der Waals surface area contributed by atoms with Gasteiger partial charge >= 0.3 is 0 Å². The van der Waals surface area contributed by atoms with Crippen molar-refractivity contribution < 1.29 is 4.79 Å². The lowest BCUT2D eigenvalue weighted by Gasteiger charge is -2.07. The van der Waals surface area contributed by atoms with Crippen molar-refractivity contribution in [2.45, 2.75) is 13.3 Å². The predicted molar refractivity (Wildman–Crippen MR) is 65.8 cm³/mol. The van der Waals surface area contributed by atoms with Crippen LogP contribution in [0.5, 0.6) is 0 Å². The summed E-state index contributed by atoms with van der Waals surface area (Å²) in [6, 6.07) is 7.21. The van der Waals surface area contributed by atoms with E-state index >= 15 is 0 Å². The standard InChI is InChI=1S/C10H13N3OS/c1-2-9(14)12-7-4-3-5-8(6-7)13-10(11)15/h3-6H,2H2,1H3,(H,12,14)(H3,11,13,15). The van der Waals surface area contributed by atoms with Crippen LogP contribution in [0.2, 0.25) is 0 Å². The molecule has 0 aromatic heterocycles. The van der Waals surface area contributed by atoms with Gasteiger partial charge in [0.15, 0.2) is 5.11 Å². The van der Waals surface area contributed by atoms with Gasteiger partial charge in [-0.05, 0) is 30.4 Å². The monoisotopic (exact) mass is 223 g/mol. The Morgan fingerprint density at radius 2 is 2.00 bits per heavy atom. The fourth-order valence-electron chi connectivity index (χ4n) is 1.07. The third-order valence-electron chi connectivity index (χ3n) is 1.73. The molecule has 1 aromatic rings. The van der Waals surface area contributed by atoms with Gasteiger partial charge in [0.2, 0.25) is 5.91 Å². The summed E-state index contributed by atoms with van der Waals surface area (Å²) in [6.07, 6.45) is 0.451. The molecule has 0 unspecified atom stereocenters. The summed E-state index contributed by atoms with van der Waals surface area (Å²) in [4.78, 5) is 11.1. The Balaban J connectivity index is 2.74. The SMILES string of the molecule is CCC(=O)Nc1cccc(NC(N)=S)c1. The third kappa shape index (κ3) is 3.95. The first kappa shape index (κ1) is 11.5. The van der Waals surface area contributed by atoms with Crippen LogP contribution in [0.1, 0.15) is 13.3 Å². The van der Waals surface area contributed by atoms with Gasteiger partial charge in [0, 0.05) is 17.8 Å². The number of nitrogens with one attached hydrogen (secondary N) is 2. The second-order valence-corrected chi connectivity index (χ2v) is 3.41. The molecule has 0 aliphatic carbocycles. The molecule has 0 aliphatic heterocycles. The van der Waals surface area contributed by atoms with Crippen molar-refractivity contribution in [2.75, 3.05) is 10.6 Å². The molecular formula is C10H13N3OS. The molecule has 80 valence electrons. The topological polar surface area (TPSA) is 67.2 Å². The molecule has 5 heteroatoms. The highest BCUT2D eigenvalue weighted by Crippen LogP contribution is 2.14. The van der Waals surface area contributed by atoms with Gasteiger partial charge in [0.05, 0.1) is 0 Å². The van der Waals surface area contributed by atoms with Crippen LogP contribution in [-0.4, -0.2) is 11.0 Å². The van der Waals surface area contributed by atoms with E-state index in [4.69, 9.17) is 18.0 Å². The average molecular weight is 223 g/mol. The van der Waals surface area contributed by atoms with Gasteiger partial charge in [-0.3, -0.25) is 4.79 Å². The van der Waals surface area contributed by atoms with Gasteiger partial charge in [-0.25, -0.2) is 0 Å². The summed E-state index contributed by atoms with van der Waals surface area (Å²) in [6.45, 7) is 1.80. The first-order valence-corrected chi connectivity index (χ1v) is 4.99. The second kappa shape index (κ2) is 5.31. The number of carbonyl (C=O) groups is 1. The lowest BCUT2D eigenvalue weighted by molar-refractivity contribution is -0.115. The van der Waals surface area contributed by atoms with Gasteiger partial charge < -0.3 is 16.4 Å². The molecule has 0 spiro atoms. The molecule has 15 heavy (non-hydrogen) atoms. The van der Waals surface area contributed by atoms with Gasteiger partial charge in [-0.2, -0.15) is 0 Å². The Kier molecular flexibility index (Phi) is 4.05. The Morgan fingerprint density at radius 3 is 2.53 bits per heavy atom. The Labute approximate surface area is 93.9 Å². The Morgan fingerprint density at radius 1 is 1.40 bits per heavy atom. The minimum Gasteiger partial charge on any atom is -0.376 e. The van der Waals surface area contributed by atoms with Crippen molar-refractivity contribution in [3.63, 3.8) is 0 Å². The van der Waals surface area contributed by atoms with Crippen LogP contribution in [0, 0.1) is 0 Å². The number of rotatable bonds is 3. The fraction of sp³-hybridized carbons (Fsp3) is 0.200. The molecule has 0 bridgehead atoms. The van der Waals surface area contributed by atoms with Crippen molar-refractivity contribution >= 4 is 34.6 Å². The van der Waals surface area contributed by atoms with E-state index in [-0.39, 0.29) is 11.0 Å². The zero-order chi connectivity index (χ0) is 11.3. The van der Waals surface area contributed by atoms with Crippen LogP contribution >= 0.6 is 12.2 Å². The highest BCUT2D eigenvalue weighted by Gasteiger charge is 1.99. The first-order valence-electron chi connectivity index (χ1n) is 4.58. The molecule has 0 saturated heterocycles. The van der Waals surface area contributed by atoms with E-state index in [0.29, 0.717) is 6.42 Å². The third-order valence-corrected chi connectivity index (χ3v) is 1.84. The van der Waals surface area contributed by atoms with E-state index in [0.717, 1.165) is 11.4 Å². The smallest absolute Gasteiger partial charge is 0.224 e. The summed E-state index contributed by atoms with van der Waals surface area (Å²) >= 11 is 4.71. The van der Waals surface area contributed by atoms with E-state index in [1.807, 2.05) is 12.1 Å². The molecule has 0 atom stereocenters. The second-order valence-electron chi connectivity index (χ2n) is 2.97. The molecule has 0 aliphatic rings. The van der Waals surface area contributed by atoms with E-state index in [1.54, 1.807) is 19.1 Å². The van der Waals surface area contributed by atoms with Crippen LogP contribution < -0.4 is 16.4 Å². The normalized spacial score (nSPS) is 9.40. The lowest BCUT2D eigenvalue weighted by atomic mass is 10.2. The zero-order valence-corrected chi connectivity index (χ0v) is 9.23. The van der Waals surface area contributed by atoms with E-state index in [2.05, 4.69) is 10.6 Å². The van der Waals surface area contributed by atoms with Crippen LogP contribution in [0.15, 0.2) is 24.3 Å². The number of hydrogen-bond donors (Lipinski definition) is 3. The number of anilines is 2. The number of amides is 1. The number of hydrogen-bond acceptors (Lipinski definition) is 2. The molecule has 4 nitrogen and oxygen atoms in total. The summed E-state index contributed by atoms with van der Waals surface area (Å²) in [5.74, 6) is -0.0255. The van der Waals surface area contributed by atoms with E-state index < -0.39 is 0 Å². The fourth-order valence-corrected chi connectivity index (χ4v) is 1.18. The molecule has 1 amide bonds. The molecule has 1 aromatic carbocycles. The number of thiocarbonyl (C=S) groups is 1. The summed E-state index contributed by atoms with van der Waals surface area (Å²) < 4.78 is 0. The van der Waals surface area contributed by atoms with Gasteiger partial charge in [-0.15, -0.1) is 0 Å². The quantitative estimate of drug-likeness (QED) is 0.682. The summed E-state index contributed by atoms with van der Waals surface area (Å²) in [5, 5.41) is 5.74. The van der Waals surface area contributed by atoms with Crippen molar-refractivity contribution in [2.24, 2.45) is 5.73 Å². The maximum Gasteiger partial charge on any atom is 0.224 e. The van der Waals surface area contributed by atoms with Crippen LogP contribution in [0.3, 0.4) is 0 Å². The maximum absolute atomic E-state index is 11.1. The van der Waals surface area contributed by atoms with Gasteiger partial charge in [0.25, 0.3) is 0 Å². The van der Waals surface area contributed by atoms with E-state index in [9.17, 15) is 4.79 Å². The van der Waals surface area contributed by atoms with Crippen molar-refractivity contribution in [1.82, 2.24) is 0 Å². The molecular weight excluding hydrogens is 210 g/mol. The highest BCUT2D eigenvalue weighted by molar-refractivity contribution is 7.80. The zero-order valence-electron chi connectivity index (χ0n) is 8.41. The first-order chi connectivity index (χ1) is 7.11. The molecule has 4 N–H and O–H groups in total. The summed E-state index contributed by atoms with van der Waals surface area (Å²) in [7, 11) is 0. The summed E-state index contributed by atoms with van der Waals surface area (Å²) in [5.41, 5.74) is 6.82. The van der Waals surface area contributed by atoms with Crippen LogP contribution in [-0.2, 0) is 4.79 Å². The number of benzene rings is 1. The Bertz CT molecular complexity index is 379. The predicted octanol–water partition coefficient (Wildman–Crippen LogP) is 1.69. The van der Waals surface area contributed by atoms with Crippen molar-refractivity contribution in [3.8, 4) is 0 Å². The molecule has 0 saturated carbocycles. The van der Waals surface area contributed by atoms with E-state index in [1.165, 1.54) is 0 Å². The highest BCUT2D eigenvalue weighted by atomic mass is 32.1. The lowest BCUT2D eigenvalue weighted by Crippen LogP contribution is -2.19. The molecule has 0 radical (unpaired) electrons. The molecule has 0 heterocycles. The van der Waals surface area contributed by atoms with Gasteiger partial charge in [0.1, 0.15) is 0 Å². The maximum atomic E-state index is 11.1. The van der Waals surface area contributed by atoms with Crippen LogP contribution in [0.4, 0.5) is 11.4 Å². The van der Waals surface area contributed by atoms with Gasteiger partial charge in [-0.1, -0.05) is 13.0 Å². The minimum atomic E-state index is -0.0255. The molecule has 0 fully saturated rings. The average Bonchev–Trinajstić information content (AvgIpc) is 2.17. The molecule has 1 rings (SSSR count).